The van der Waals surface area contributed by atoms with Crippen molar-refractivity contribution in [2.75, 3.05) is 11.4 Å². The lowest BCUT2D eigenvalue weighted by Crippen LogP contribution is -2.53. The number of rotatable bonds is 2. The van der Waals surface area contributed by atoms with Crippen molar-refractivity contribution >= 4 is 5.69 Å². The minimum Gasteiger partial charge on any atom is -0.391 e. The van der Waals surface area contributed by atoms with Gasteiger partial charge in [-0.3, -0.25) is 0 Å². The number of piperidine rings is 1. The highest BCUT2D eigenvalue weighted by molar-refractivity contribution is 5.62. The Bertz CT molecular complexity index is 451. The van der Waals surface area contributed by atoms with Gasteiger partial charge in [-0.15, -0.1) is 0 Å². The lowest BCUT2D eigenvalue weighted by Gasteiger charge is -2.47. The predicted octanol–water partition coefficient (Wildman–Crippen LogP) is 3.86. The Hall–Kier alpha value is -1.02. The highest BCUT2D eigenvalue weighted by Gasteiger charge is 2.35. The number of aryl methyl sites for hydroxylation is 1. The molecule has 1 heterocycles. The van der Waals surface area contributed by atoms with Crippen LogP contribution in [0.2, 0.25) is 0 Å². The van der Waals surface area contributed by atoms with Crippen molar-refractivity contribution < 1.29 is 5.11 Å². The molecule has 1 N–H and O–H groups in total. The number of aliphatic hydroxyl groups excluding tert-OH is 1. The summed E-state index contributed by atoms with van der Waals surface area (Å²) in [6.45, 7) is 12.0. The first kappa shape index (κ1) is 14.4. The second-order valence-corrected chi connectivity index (χ2v) is 6.78. The lowest BCUT2D eigenvalue weighted by atomic mass is 9.86. The van der Waals surface area contributed by atoms with Gasteiger partial charge in [-0.05, 0) is 50.7 Å². The van der Waals surface area contributed by atoms with Gasteiger partial charge in [0.2, 0.25) is 0 Å². The summed E-state index contributed by atoms with van der Waals surface area (Å²) in [6.07, 6.45) is 1.75. The van der Waals surface area contributed by atoms with Crippen LogP contribution in [0, 0.1) is 6.92 Å². The number of hydrogen-bond acceptors (Lipinski definition) is 2. The van der Waals surface area contributed by atoms with Crippen LogP contribution in [0.3, 0.4) is 0 Å². The summed E-state index contributed by atoms with van der Waals surface area (Å²) in [4.78, 5) is 2.42. The first-order valence-electron chi connectivity index (χ1n) is 7.38. The molecule has 0 aliphatic carbocycles. The highest BCUT2D eigenvalue weighted by Crippen LogP contribution is 2.39. The summed E-state index contributed by atoms with van der Waals surface area (Å²) in [5.74, 6) is 0.504. The van der Waals surface area contributed by atoms with Crippen LogP contribution < -0.4 is 4.90 Å². The van der Waals surface area contributed by atoms with E-state index in [9.17, 15) is 5.11 Å². The van der Waals surface area contributed by atoms with Gasteiger partial charge in [0.15, 0.2) is 0 Å². The maximum Gasteiger partial charge on any atom is 0.0716 e. The fourth-order valence-corrected chi connectivity index (χ4v) is 3.11. The van der Waals surface area contributed by atoms with E-state index in [1.54, 1.807) is 0 Å². The Balaban J connectivity index is 2.50. The Labute approximate surface area is 117 Å². The third kappa shape index (κ3) is 2.79. The minimum atomic E-state index is -0.201. The van der Waals surface area contributed by atoms with Crippen LogP contribution >= 0.6 is 0 Å². The summed E-state index contributed by atoms with van der Waals surface area (Å²) in [5, 5.41) is 10.1. The van der Waals surface area contributed by atoms with Crippen molar-refractivity contribution in [3.05, 3.63) is 29.3 Å². The van der Waals surface area contributed by atoms with Crippen molar-refractivity contribution in [2.24, 2.45) is 0 Å². The third-order valence-corrected chi connectivity index (χ3v) is 4.37. The number of hydrogen-bond donors (Lipinski definition) is 1. The van der Waals surface area contributed by atoms with Crippen LogP contribution in [0.1, 0.15) is 57.6 Å². The molecule has 19 heavy (non-hydrogen) atoms. The van der Waals surface area contributed by atoms with Crippen molar-refractivity contribution in [1.29, 1.82) is 0 Å². The van der Waals surface area contributed by atoms with Gasteiger partial charge in [0.1, 0.15) is 0 Å². The van der Waals surface area contributed by atoms with Gasteiger partial charge in [-0.25, -0.2) is 0 Å². The zero-order chi connectivity index (χ0) is 14.2. The quantitative estimate of drug-likeness (QED) is 0.874. The van der Waals surface area contributed by atoms with Crippen LogP contribution in [0.5, 0.6) is 0 Å². The SMILES string of the molecule is Cc1cccc(C(C)C)c1N1CC(O)CCC1(C)C. The van der Waals surface area contributed by atoms with Crippen LogP contribution in [0.15, 0.2) is 18.2 Å². The maximum atomic E-state index is 10.1. The van der Waals surface area contributed by atoms with Gasteiger partial charge < -0.3 is 10.0 Å². The molecule has 106 valence electrons. The molecule has 0 bridgehead atoms. The van der Waals surface area contributed by atoms with E-state index in [1.165, 1.54) is 16.8 Å². The molecular formula is C17H27NO. The number of anilines is 1. The van der Waals surface area contributed by atoms with E-state index >= 15 is 0 Å². The molecule has 0 saturated carbocycles. The second-order valence-electron chi connectivity index (χ2n) is 6.78. The van der Waals surface area contributed by atoms with Gasteiger partial charge in [0, 0.05) is 17.8 Å². The molecule has 0 aromatic heterocycles. The van der Waals surface area contributed by atoms with Crippen molar-refractivity contribution in [3.63, 3.8) is 0 Å². The van der Waals surface area contributed by atoms with E-state index in [0.717, 1.165) is 19.4 Å². The molecule has 1 aliphatic rings. The third-order valence-electron chi connectivity index (χ3n) is 4.37. The molecule has 0 radical (unpaired) electrons. The molecule has 1 aromatic carbocycles. The molecule has 1 atom stereocenters. The fraction of sp³-hybridized carbons (Fsp3) is 0.647. The van der Waals surface area contributed by atoms with Crippen LogP contribution in [-0.4, -0.2) is 23.3 Å². The van der Waals surface area contributed by atoms with E-state index in [1.807, 2.05) is 0 Å². The highest BCUT2D eigenvalue weighted by atomic mass is 16.3. The Morgan fingerprint density at radius 2 is 2.00 bits per heavy atom. The first-order chi connectivity index (χ1) is 8.83. The molecule has 0 spiro atoms. The summed E-state index contributed by atoms with van der Waals surface area (Å²) in [7, 11) is 0. The Kier molecular flexibility index (Phi) is 3.91. The van der Waals surface area contributed by atoms with Crippen molar-refractivity contribution in [1.82, 2.24) is 0 Å². The van der Waals surface area contributed by atoms with Gasteiger partial charge >= 0.3 is 0 Å². The molecule has 1 aromatic rings. The number of aliphatic hydroxyl groups is 1. The van der Waals surface area contributed by atoms with E-state index < -0.39 is 0 Å². The number of β-amino-alcohol motifs (C(OH)–C–C–N with tert-alkyl or cyclic N) is 1. The molecule has 2 rings (SSSR count). The van der Waals surface area contributed by atoms with Crippen LogP contribution in [0.25, 0.3) is 0 Å². The summed E-state index contributed by atoms with van der Waals surface area (Å²) >= 11 is 0. The molecule has 1 unspecified atom stereocenters. The summed E-state index contributed by atoms with van der Waals surface area (Å²) < 4.78 is 0. The molecule has 0 amide bonds. The maximum absolute atomic E-state index is 10.1. The Morgan fingerprint density at radius 1 is 1.32 bits per heavy atom. The van der Waals surface area contributed by atoms with E-state index in [0.29, 0.717) is 5.92 Å². The minimum absolute atomic E-state index is 0.120. The monoisotopic (exact) mass is 261 g/mol. The van der Waals surface area contributed by atoms with E-state index in [4.69, 9.17) is 0 Å². The number of benzene rings is 1. The second kappa shape index (κ2) is 5.16. The summed E-state index contributed by atoms with van der Waals surface area (Å²) in [6, 6.07) is 6.55. The zero-order valence-electron chi connectivity index (χ0n) is 12.9. The topological polar surface area (TPSA) is 23.5 Å². The Morgan fingerprint density at radius 3 is 2.63 bits per heavy atom. The molecule has 2 nitrogen and oxygen atoms in total. The number of nitrogens with zero attached hydrogens (tertiary/aromatic N) is 1. The average Bonchev–Trinajstić information content (AvgIpc) is 2.32. The predicted molar refractivity (Wildman–Crippen MR) is 81.9 cm³/mol. The molecular weight excluding hydrogens is 234 g/mol. The van der Waals surface area contributed by atoms with Crippen LogP contribution in [-0.2, 0) is 0 Å². The molecule has 1 fully saturated rings. The zero-order valence-corrected chi connectivity index (χ0v) is 12.9. The molecule has 1 saturated heterocycles. The van der Waals surface area contributed by atoms with Gasteiger partial charge in [0.25, 0.3) is 0 Å². The average molecular weight is 261 g/mol. The van der Waals surface area contributed by atoms with Crippen molar-refractivity contribution in [3.8, 4) is 0 Å². The molecule has 2 heteroatoms. The summed E-state index contributed by atoms with van der Waals surface area (Å²) in [5.41, 5.74) is 4.16. The first-order valence-corrected chi connectivity index (χ1v) is 7.38. The van der Waals surface area contributed by atoms with Gasteiger partial charge in [-0.2, -0.15) is 0 Å². The largest absolute Gasteiger partial charge is 0.391 e. The number of para-hydroxylation sites is 1. The van der Waals surface area contributed by atoms with Crippen LogP contribution in [0.4, 0.5) is 5.69 Å². The van der Waals surface area contributed by atoms with E-state index in [2.05, 4.69) is 57.7 Å². The standard InChI is InChI=1S/C17H27NO/c1-12(2)15-8-6-7-13(3)16(15)18-11-14(19)9-10-17(18,4)5/h6-8,12,14,19H,9-11H2,1-5H3. The normalized spacial score (nSPS) is 22.9. The van der Waals surface area contributed by atoms with Gasteiger partial charge in [0.05, 0.1) is 6.10 Å². The van der Waals surface area contributed by atoms with E-state index in [-0.39, 0.29) is 11.6 Å². The van der Waals surface area contributed by atoms with Gasteiger partial charge in [-0.1, -0.05) is 32.0 Å². The fourth-order valence-electron chi connectivity index (χ4n) is 3.11. The van der Waals surface area contributed by atoms with Crippen molar-refractivity contribution in [2.45, 2.75) is 65.0 Å². The molecule has 1 aliphatic heterocycles. The smallest absolute Gasteiger partial charge is 0.0716 e. The lowest BCUT2D eigenvalue weighted by molar-refractivity contribution is 0.125.